The van der Waals surface area contributed by atoms with Crippen LogP contribution in [0.15, 0.2) is 27.4 Å². The molecule has 1 aliphatic heterocycles. The normalized spacial score (nSPS) is 16.1. The topological polar surface area (TPSA) is 42.2 Å². The highest BCUT2D eigenvalue weighted by molar-refractivity contribution is 5.85. The summed E-state index contributed by atoms with van der Waals surface area (Å²) in [7, 11) is 0. The smallest absolute Gasteiger partial charge is 0.192 e. The Kier molecular flexibility index (Phi) is 4.51. The Morgan fingerprint density at radius 3 is 2.60 bits per heavy atom. The Morgan fingerprint density at radius 2 is 1.90 bits per heavy atom. The lowest BCUT2D eigenvalue weighted by atomic mass is 9.94. The van der Waals surface area contributed by atoms with Gasteiger partial charge in [0.1, 0.15) is 11.3 Å². The second kappa shape index (κ2) is 5.98. The number of piperidine rings is 1. The summed E-state index contributed by atoms with van der Waals surface area (Å²) >= 11 is 0. The van der Waals surface area contributed by atoms with E-state index in [-0.39, 0.29) is 17.8 Å². The molecule has 1 aromatic carbocycles. The van der Waals surface area contributed by atoms with Crippen molar-refractivity contribution in [2.24, 2.45) is 0 Å². The minimum absolute atomic E-state index is 0. The first-order valence-corrected chi connectivity index (χ1v) is 6.91. The van der Waals surface area contributed by atoms with Crippen LogP contribution in [0, 0.1) is 13.8 Å². The summed E-state index contributed by atoms with van der Waals surface area (Å²) in [5.41, 5.74) is 3.09. The van der Waals surface area contributed by atoms with Crippen LogP contribution in [0.2, 0.25) is 0 Å². The Morgan fingerprint density at radius 1 is 1.20 bits per heavy atom. The summed E-state index contributed by atoms with van der Waals surface area (Å²) in [6.45, 7) is 6.07. The monoisotopic (exact) mass is 293 g/mol. The van der Waals surface area contributed by atoms with Crippen molar-refractivity contribution in [1.82, 2.24) is 5.32 Å². The molecule has 1 aromatic heterocycles. The summed E-state index contributed by atoms with van der Waals surface area (Å²) in [5, 5.41) is 4.03. The van der Waals surface area contributed by atoms with Gasteiger partial charge in [-0.15, -0.1) is 12.4 Å². The maximum absolute atomic E-state index is 12.2. The van der Waals surface area contributed by atoms with E-state index in [2.05, 4.69) is 5.32 Å². The molecule has 1 saturated heterocycles. The SMILES string of the molecule is Cc1ccc2c(=O)cc(C3CCNCC3)oc2c1C.Cl. The molecule has 1 aliphatic rings. The fourth-order valence-electron chi connectivity index (χ4n) is 2.78. The van der Waals surface area contributed by atoms with Gasteiger partial charge in [0.2, 0.25) is 0 Å². The van der Waals surface area contributed by atoms with Crippen LogP contribution in [0.25, 0.3) is 11.0 Å². The summed E-state index contributed by atoms with van der Waals surface area (Å²) < 4.78 is 6.07. The van der Waals surface area contributed by atoms with Gasteiger partial charge in [-0.3, -0.25) is 4.79 Å². The molecule has 0 radical (unpaired) electrons. The number of hydrogen-bond acceptors (Lipinski definition) is 3. The van der Waals surface area contributed by atoms with E-state index in [1.807, 2.05) is 26.0 Å². The number of benzene rings is 1. The molecule has 0 spiro atoms. The average Bonchev–Trinajstić information content (AvgIpc) is 2.44. The van der Waals surface area contributed by atoms with Crippen molar-refractivity contribution >= 4 is 23.4 Å². The third-order valence-corrected chi connectivity index (χ3v) is 4.18. The van der Waals surface area contributed by atoms with Gasteiger partial charge in [-0.1, -0.05) is 6.07 Å². The molecule has 1 fully saturated rings. The van der Waals surface area contributed by atoms with Crippen molar-refractivity contribution < 1.29 is 4.42 Å². The Bertz CT molecular complexity index is 672. The molecule has 3 nitrogen and oxygen atoms in total. The largest absolute Gasteiger partial charge is 0.460 e. The van der Waals surface area contributed by atoms with Crippen molar-refractivity contribution in [3.63, 3.8) is 0 Å². The number of halogens is 1. The van der Waals surface area contributed by atoms with Gasteiger partial charge < -0.3 is 9.73 Å². The van der Waals surface area contributed by atoms with Crippen LogP contribution in [-0.4, -0.2) is 13.1 Å². The third kappa shape index (κ3) is 2.60. The van der Waals surface area contributed by atoms with Gasteiger partial charge in [-0.25, -0.2) is 0 Å². The highest BCUT2D eigenvalue weighted by atomic mass is 35.5. The zero-order chi connectivity index (χ0) is 13.4. The van der Waals surface area contributed by atoms with E-state index in [4.69, 9.17) is 4.42 Å². The first-order valence-electron chi connectivity index (χ1n) is 6.91. The standard InChI is InChI=1S/C16H19NO2.ClH/c1-10-3-4-13-14(18)9-15(19-16(13)11(10)2)12-5-7-17-8-6-12;/h3-4,9,12,17H,5-8H2,1-2H3;1H. The number of aryl methyl sites for hydroxylation is 2. The van der Waals surface area contributed by atoms with E-state index in [9.17, 15) is 4.79 Å². The van der Waals surface area contributed by atoms with Gasteiger partial charge in [-0.05, 0) is 57.0 Å². The van der Waals surface area contributed by atoms with E-state index < -0.39 is 0 Å². The summed E-state index contributed by atoms with van der Waals surface area (Å²) in [6, 6.07) is 5.54. The highest BCUT2D eigenvalue weighted by Gasteiger charge is 2.19. The van der Waals surface area contributed by atoms with E-state index in [1.54, 1.807) is 6.07 Å². The van der Waals surface area contributed by atoms with E-state index in [0.717, 1.165) is 48.4 Å². The maximum Gasteiger partial charge on any atom is 0.192 e. The van der Waals surface area contributed by atoms with Crippen molar-refractivity contribution in [2.45, 2.75) is 32.6 Å². The first-order chi connectivity index (χ1) is 9.16. The quantitative estimate of drug-likeness (QED) is 0.877. The molecule has 2 heterocycles. The Balaban J connectivity index is 0.00000147. The van der Waals surface area contributed by atoms with Crippen LogP contribution < -0.4 is 10.7 Å². The molecule has 1 N–H and O–H groups in total. The summed E-state index contributed by atoms with van der Waals surface area (Å²) in [4.78, 5) is 12.2. The molecular weight excluding hydrogens is 274 g/mol. The molecule has 0 saturated carbocycles. The minimum Gasteiger partial charge on any atom is -0.460 e. The van der Waals surface area contributed by atoms with E-state index in [0.29, 0.717) is 11.3 Å². The molecule has 3 rings (SSSR count). The van der Waals surface area contributed by atoms with Crippen molar-refractivity contribution in [1.29, 1.82) is 0 Å². The molecular formula is C16H20ClNO2. The van der Waals surface area contributed by atoms with Crippen LogP contribution in [0.4, 0.5) is 0 Å². The molecule has 0 unspecified atom stereocenters. The average molecular weight is 294 g/mol. The van der Waals surface area contributed by atoms with E-state index in [1.165, 1.54) is 0 Å². The first kappa shape index (κ1) is 15.1. The number of fused-ring (bicyclic) bond motifs is 1. The third-order valence-electron chi connectivity index (χ3n) is 4.18. The maximum atomic E-state index is 12.2. The van der Waals surface area contributed by atoms with Gasteiger partial charge in [0, 0.05) is 12.0 Å². The molecule has 4 heteroatoms. The van der Waals surface area contributed by atoms with Crippen LogP contribution >= 0.6 is 12.4 Å². The van der Waals surface area contributed by atoms with Crippen LogP contribution in [0.5, 0.6) is 0 Å². The second-order valence-corrected chi connectivity index (χ2v) is 5.42. The lowest BCUT2D eigenvalue weighted by Crippen LogP contribution is -2.27. The van der Waals surface area contributed by atoms with Gasteiger partial charge >= 0.3 is 0 Å². The zero-order valence-electron chi connectivity index (χ0n) is 11.9. The molecule has 0 bridgehead atoms. The summed E-state index contributed by atoms with van der Waals surface area (Å²) in [5.74, 6) is 1.23. The predicted molar refractivity (Wildman–Crippen MR) is 84.1 cm³/mol. The predicted octanol–water partition coefficient (Wildman–Crippen LogP) is 3.30. The highest BCUT2D eigenvalue weighted by Crippen LogP contribution is 2.28. The van der Waals surface area contributed by atoms with Crippen molar-refractivity contribution in [3.05, 3.63) is 45.3 Å². The number of rotatable bonds is 1. The number of hydrogen-bond donors (Lipinski definition) is 1. The van der Waals surface area contributed by atoms with Gasteiger partial charge in [-0.2, -0.15) is 0 Å². The molecule has 20 heavy (non-hydrogen) atoms. The van der Waals surface area contributed by atoms with Crippen LogP contribution in [0.3, 0.4) is 0 Å². The zero-order valence-corrected chi connectivity index (χ0v) is 12.7. The molecule has 0 aliphatic carbocycles. The van der Waals surface area contributed by atoms with Gasteiger partial charge in [0.05, 0.1) is 5.39 Å². The van der Waals surface area contributed by atoms with Crippen molar-refractivity contribution in [3.8, 4) is 0 Å². The molecule has 0 amide bonds. The Labute approximate surface area is 124 Å². The second-order valence-electron chi connectivity index (χ2n) is 5.42. The van der Waals surface area contributed by atoms with Crippen molar-refractivity contribution in [2.75, 3.05) is 13.1 Å². The summed E-state index contributed by atoms with van der Waals surface area (Å²) in [6.07, 6.45) is 2.08. The fourth-order valence-corrected chi connectivity index (χ4v) is 2.78. The van der Waals surface area contributed by atoms with Gasteiger partial charge in [0.15, 0.2) is 5.43 Å². The Hall–Kier alpha value is -1.32. The van der Waals surface area contributed by atoms with Crippen LogP contribution in [0.1, 0.15) is 35.6 Å². The van der Waals surface area contributed by atoms with E-state index >= 15 is 0 Å². The lowest BCUT2D eigenvalue weighted by Gasteiger charge is -2.22. The molecule has 2 aromatic rings. The molecule has 0 atom stereocenters. The fraction of sp³-hybridized carbons (Fsp3) is 0.438. The molecule has 108 valence electrons. The lowest BCUT2D eigenvalue weighted by molar-refractivity contribution is 0.392. The number of nitrogens with one attached hydrogen (secondary N) is 1. The van der Waals surface area contributed by atoms with Crippen LogP contribution in [-0.2, 0) is 0 Å². The minimum atomic E-state index is 0. The van der Waals surface area contributed by atoms with Gasteiger partial charge in [0.25, 0.3) is 0 Å².